The summed E-state index contributed by atoms with van der Waals surface area (Å²) in [6.07, 6.45) is 0. The quantitative estimate of drug-likeness (QED) is 0.548. The van der Waals surface area contributed by atoms with Crippen molar-refractivity contribution in [2.45, 2.75) is 13.8 Å². The number of hydrogen-bond donors (Lipinski definition) is 0. The van der Waals surface area contributed by atoms with Crippen LogP contribution >= 0.6 is 0 Å². The minimum atomic E-state index is -0.460. The fourth-order valence-electron chi connectivity index (χ4n) is 0.837. The molecule has 0 N–H and O–H groups in total. The first-order valence-corrected chi connectivity index (χ1v) is 4.05. The largest absolute Gasteiger partial charge is 0.341 e. The van der Waals surface area contributed by atoms with E-state index in [9.17, 15) is 9.59 Å². The van der Waals surface area contributed by atoms with Crippen LogP contribution in [0.3, 0.4) is 0 Å². The molecule has 70 valence electrons. The van der Waals surface area contributed by atoms with Crippen molar-refractivity contribution in [1.82, 2.24) is 9.80 Å². The molecule has 0 aliphatic rings. The van der Waals surface area contributed by atoms with Crippen LogP contribution in [0.4, 0.5) is 0 Å². The summed E-state index contributed by atoms with van der Waals surface area (Å²) < 4.78 is 0. The van der Waals surface area contributed by atoms with Crippen LogP contribution in [-0.4, -0.2) is 48.8 Å². The van der Waals surface area contributed by atoms with Crippen molar-refractivity contribution < 1.29 is 9.59 Å². The molecule has 2 amide bonds. The molecule has 0 radical (unpaired) electrons. The Morgan fingerprint density at radius 2 is 1.42 bits per heavy atom. The number of amides is 2. The molecule has 0 rings (SSSR count). The lowest BCUT2D eigenvalue weighted by Gasteiger charge is -2.19. The highest BCUT2D eigenvalue weighted by molar-refractivity contribution is 6.34. The van der Waals surface area contributed by atoms with Crippen molar-refractivity contribution in [1.29, 1.82) is 0 Å². The molecule has 0 aromatic carbocycles. The average Bonchev–Trinajstić information content (AvgIpc) is 2.05. The molecule has 0 unspecified atom stereocenters. The second-order valence-corrected chi connectivity index (χ2v) is 2.68. The molecule has 0 aliphatic carbocycles. The predicted octanol–water partition coefficient (Wildman–Crippen LogP) is -0.0570. The number of carbonyl (C=O) groups is 2. The van der Waals surface area contributed by atoms with E-state index in [2.05, 4.69) is 0 Å². The zero-order chi connectivity index (χ0) is 9.72. The predicted molar refractivity (Wildman–Crippen MR) is 46.6 cm³/mol. The summed E-state index contributed by atoms with van der Waals surface area (Å²) in [5.74, 6) is -0.885. The van der Waals surface area contributed by atoms with E-state index in [-0.39, 0.29) is 0 Å². The van der Waals surface area contributed by atoms with Gasteiger partial charge in [-0.1, -0.05) is 0 Å². The van der Waals surface area contributed by atoms with Gasteiger partial charge in [0.05, 0.1) is 0 Å². The van der Waals surface area contributed by atoms with Crippen molar-refractivity contribution in [2.24, 2.45) is 0 Å². The van der Waals surface area contributed by atoms with Gasteiger partial charge in [0.15, 0.2) is 0 Å². The molecule has 0 aromatic rings. The number of hydrogen-bond acceptors (Lipinski definition) is 2. The van der Waals surface area contributed by atoms with E-state index in [1.807, 2.05) is 13.8 Å². The zero-order valence-electron chi connectivity index (χ0n) is 8.13. The van der Waals surface area contributed by atoms with Gasteiger partial charge in [0.25, 0.3) is 0 Å². The molecule has 0 atom stereocenters. The van der Waals surface area contributed by atoms with Crippen molar-refractivity contribution in [3.05, 3.63) is 0 Å². The molecule has 0 bridgehead atoms. The van der Waals surface area contributed by atoms with Gasteiger partial charge in [-0.3, -0.25) is 9.59 Å². The third-order valence-corrected chi connectivity index (χ3v) is 1.64. The number of likely N-dealkylation sites (N-methyl/N-ethyl adjacent to an activating group) is 2. The molecule has 0 aromatic heterocycles. The summed E-state index contributed by atoms with van der Waals surface area (Å²) in [6.45, 7) is 4.86. The van der Waals surface area contributed by atoms with E-state index >= 15 is 0 Å². The summed E-state index contributed by atoms with van der Waals surface area (Å²) >= 11 is 0. The highest BCUT2D eigenvalue weighted by atomic mass is 16.2. The molecule has 0 heterocycles. The maximum absolute atomic E-state index is 11.3. The minimum Gasteiger partial charge on any atom is -0.341 e. The first-order chi connectivity index (χ1) is 5.54. The summed E-state index contributed by atoms with van der Waals surface area (Å²) in [5.41, 5.74) is 0. The third-order valence-electron chi connectivity index (χ3n) is 1.64. The van der Waals surface area contributed by atoms with Crippen LogP contribution in [-0.2, 0) is 9.59 Å². The van der Waals surface area contributed by atoms with Crippen LogP contribution in [0.25, 0.3) is 0 Å². The Kier molecular flexibility index (Phi) is 4.33. The maximum Gasteiger partial charge on any atom is 0.312 e. The molecule has 4 heteroatoms. The Balaban J connectivity index is 4.26. The van der Waals surface area contributed by atoms with Crippen LogP contribution in [0.1, 0.15) is 13.8 Å². The topological polar surface area (TPSA) is 40.6 Å². The first-order valence-electron chi connectivity index (χ1n) is 4.05. The van der Waals surface area contributed by atoms with Gasteiger partial charge in [0.2, 0.25) is 0 Å². The Bertz CT molecular complexity index is 174. The van der Waals surface area contributed by atoms with Gasteiger partial charge in [-0.25, -0.2) is 0 Å². The lowest BCUT2D eigenvalue weighted by molar-refractivity contribution is -0.150. The lowest BCUT2D eigenvalue weighted by atomic mass is 10.4. The van der Waals surface area contributed by atoms with Crippen molar-refractivity contribution in [3.63, 3.8) is 0 Å². The van der Waals surface area contributed by atoms with Gasteiger partial charge in [-0.2, -0.15) is 0 Å². The standard InChI is InChI=1S/C8H16N2O2/c1-5-10(6-2)8(12)7(11)9(3)4/h5-6H2,1-4H3. The van der Waals surface area contributed by atoms with E-state index in [0.29, 0.717) is 13.1 Å². The smallest absolute Gasteiger partial charge is 0.312 e. The number of carbonyl (C=O) groups excluding carboxylic acids is 2. The van der Waals surface area contributed by atoms with Gasteiger partial charge < -0.3 is 9.80 Å². The Morgan fingerprint density at radius 1 is 1.00 bits per heavy atom. The highest BCUT2D eigenvalue weighted by Gasteiger charge is 2.20. The molecule has 0 saturated heterocycles. The number of rotatable bonds is 2. The van der Waals surface area contributed by atoms with E-state index in [1.165, 1.54) is 9.80 Å². The average molecular weight is 172 g/mol. The minimum absolute atomic E-state index is 0.426. The Labute approximate surface area is 73.1 Å². The third kappa shape index (κ3) is 2.53. The Morgan fingerprint density at radius 3 is 1.67 bits per heavy atom. The SMILES string of the molecule is CCN(CC)C(=O)C(=O)N(C)C. The normalized spacial score (nSPS) is 9.33. The van der Waals surface area contributed by atoms with E-state index in [4.69, 9.17) is 0 Å². The van der Waals surface area contributed by atoms with Crippen molar-refractivity contribution in [2.75, 3.05) is 27.2 Å². The number of nitrogens with zero attached hydrogens (tertiary/aromatic N) is 2. The van der Waals surface area contributed by atoms with E-state index in [0.717, 1.165) is 0 Å². The highest BCUT2D eigenvalue weighted by Crippen LogP contribution is 1.91. The van der Waals surface area contributed by atoms with Crippen molar-refractivity contribution >= 4 is 11.8 Å². The van der Waals surface area contributed by atoms with Gasteiger partial charge >= 0.3 is 11.8 Å². The van der Waals surface area contributed by atoms with Crippen LogP contribution in [0.5, 0.6) is 0 Å². The molecule has 0 fully saturated rings. The van der Waals surface area contributed by atoms with Gasteiger partial charge in [0.1, 0.15) is 0 Å². The molecular weight excluding hydrogens is 156 g/mol. The van der Waals surface area contributed by atoms with Crippen LogP contribution in [0.2, 0.25) is 0 Å². The molecule has 4 nitrogen and oxygen atoms in total. The van der Waals surface area contributed by atoms with Crippen LogP contribution < -0.4 is 0 Å². The molecule has 0 saturated carbocycles. The van der Waals surface area contributed by atoms with Crippen LogP contribution in [0.15, 0.2) is 0 Å². The van der Waals surface area contributed by atoms with Gasteiger partial charge in [-0.15, -0.1) is 0 Å². The summed E-state index contributed by atoms with van der Waals surface area (Å²) in [4.78, 5) is 25.2. The molecule has 12 heavy (non-hydrogen) atoms. The van der Waals surface area contributed by atoms with Gasteiger partial charge in [0, 0.05) is 27.2 Å². The molecule has 0 spiro atoms. The van der Waals surface area contributed by atoms with Gasteiger partial charge in [-0.05, 0) is 13.8 Å². The van der Waals surface area contributed by atoms with Crippen LogP contribution in [0, 0.1) is 0 Å². The monoisotopic (exact) mass is 172 g/mol. The summed E-state index contributed by atoms with van der Waals surface area (Å²) in [5, 5.41) is 0. The molecule has 0 aliphatic heterocycles. The fourth-order valence-corrected chi connectivity index (χ4v) is 0.837. The van der Waals surface area contributed by atoms with E-state index in [1.54, 1.807) is 14.1 Å². The van der Waals surface area contributed by atoms with E-state index < -0.39 is 11.8 Å². The second kappa shape index (κ2) is 4.74. The summed E-state index contributed by atoms with van der Waals surface area (Å²) in [7, 11) is 3.15. The van der Waals surface area contributed by atoms with Crippen molar-refractivity contribution in [3.8, 4) is 0 Å². The summed E-state index contributed by atoms with van der Waals surface area (Å²) in [6, 6.07) is 0. The zero-order valence-corrected chi connectivity index (χ0v) is 8.13. The Hall–Kier alpha value is -1.06. The lowest BCUT2D eigenvalue weighted by Crippen LogP contribution is -2.42. The first kappa shape index (κ1) is 10.9. The second-order valence-electron chi connectivity index (χ2n) is 2.68. The molecular formula is C8H16N2O2. The fraction of sp³-hybridized carbons (Fsp3) is 0.750. The maximum atomic E-state index is 11.3.